The molecule has 0 aliphatic rings. The Kier molecular flexibility index (Phi) is 6.35. The van der Waals surface area contributed by atoms with E-state index in [1.54, 1.807) is 0 Å². The van der Waals surface area contributed by atoms with Crippen LogP contribution in [0.15, 0.2) is 0 Å². The van der Waals surface area contributed by atoms with Crippen LogP contribution in [0.25, 0.3) is 0 Å². The molecular weight excluding hydrogens is 130 g/mol. The minimum absolute atomic E-state index is 0.526. The van der Waals surface area contributed by atoms with E-state index >= 15 is 0 Å². The van der Waals surface area contributed by atoms with Gasteiger partial charge in [0.2, 0.25) is 0 Å². The molecule has 0 aromatic carbocycles. The van der Waals surface area contributed by atoms with Gasteiger partial charge >= 0.3 is 0 Å². The van der Waals surface area contributed by atoms with Gasteiger partial charge in [-0.3, -0.25) is 0 Å². The largest absolute Gasteiger partial charge is 0.383 e. The van der Waals surface area contributed by atoms with Crippen molar-refractivity contribution in [2.45, 2.75) is 25.5 Å². The highest BCUT2D eigenvalue weighted by Gasteiger charge is 1.97. The van der Waals surface area contributed by atoms with Crippen LogP contribution in [0.4, 0.5) is 0 Å². The Morgan fingerprint density at radius 1 is 1.67 bits per heavy atom. The topological polar surface area (TPSA) is 35.2 Å². The lowest BCUT2D eigenvalue weighted by Crippen LogP contribution is -2.14. The van der Waals surface area contributed by atoms with Gasteiger partial charge in [-0.25, -0.2) is 0 Å². The quantitative estimate of drug-likeness (QED) is 0.530. The van der Waals surface area contributed by atoms with Crippen LogP contribution in [0, 0.1) is 0 Å². The van der Waals surface area contributed by atoms with E-state index in [9.17, 15) is 0 Å². The maximum Gasteiger partial charge on any atom is 0.0436 e. The molecule has 2 N–H and O–H groups in total. The molecule has 56 valence electrons. The van der Waals surface area contributed by atoms with Crippen LogP contribution >= 0.6 is 0 Å². The van der Waals surface area contributed by atoms with Crippen LogP contribution < -0.4 is 5.73 Å². The van der Waals surface area contributed by atoms with Crippen LogP contribution in [-0.2, 0) is 4.74 Å². The van der Waals surface area contributed by atoms with Crippen molar-refractivity contribution in [3.63, 3.8) is 0 Å². The molecular formula is C6H17NOSi. The lowest BCUT2D eigenvalue weighted by atomic mass is 10.3. The first-order valence-electron chi connectivity index (χ1n) is 3.63. The van der Waals surface area contributed by atoms with Gasteiger partial charge in [-0.2, -0.15) is 0 Å². The fourth-order valence-corrected chi connectivity index (χ4v) is 1.51. The minimum atomic E-state index is 0.526. The van der Waals surface area contributed by atoms with E-state index < -0.39 is 0 Å². The SMILES string of the molecule is CCOC([SiH3])CCCN. The van der Waals surface area contributed by atoms with Crippen LogP contribution in [0.1, 0.15) is 19.8 Å². The van der Waals surface area contributed by atoms with Crippen LogP contribution in [0.5, 0.6) is 0 Å². The molecule has 0 fully saturated rings. The summed E-state index contributed by atoms with van der Waals surface area (Å²) in [5.41, 5.74) is 5.86. The summed E-state index contributed by atoms with van der Waals surface area (Å²) in [4.78, 5) is 0. The summed E-state index contributed by atoms with van der Waals surface area (Å²) in [6.45, 7) is 3.68. The van der Waals surface area contributed by atoms with Gasteiger partial charge in [-0.1, -0.05) is 0 Å². The Labute approximate surface area is 60.2 Å². The third kappa shape index (κ3) is 6.02. The molecule has 0 bridgehead atoms. The van der Waals surface area contributed by atoms with Crippen molar-refractivity contribution >= 4 is 10.2 Å². The van der Waals surface area contributed by atoms with E-state index in [1.165, 1.54) is 0 Å². The summed E-state index contributed by atoms with van der Waals surface area (Å²) in [6, 6.07) is 0. The molecule has 2 nitrogen and oxygen atoms in total. The number of hydrogen-bond acceptors (Lipinski definition) is 2. The first-order valence-corrected chi connectivity index (χ1v) is 4.78. The standard InChI is InChI=1S/C6H17NOSi/c1-2-8-6(9)4-3-5-7/h6H,2-5,7H2,1,9H3. The zero-order valence-electron chi connectivity index (χ0n) is 6.39. The van der Waals surface area contributed by atoms with Gasteiger partial charge in [0, 0.05) is 22.6 Å². The molecule has 0 saturated heterocycles. The average molecular weight is 147 g/mol. The number of hydrogen-bond donors (Lipinski definition) is 1. The summed E-state index contributed by atoms with van der Waals surface area (Å²) >= 11 is 0. The van der Waals surface area contributed by atoms with E-state index in [-0.39, 0.29) is 0 Å². The number of rotatable bonds is 5. The molecule has 0 spiro atoms. The first kappa shape index (κ1) is 9.14. The van der Waals surface area contributed by atoms with Crippen molar-refractivity contribution in [2.24, 2.45) is 5.73 Å². The smallest absolute Gasteiger partial charge is 0.0436 e. The fourth-order valence-electron chi connectivity index (χ4n) is 0.773. The van der Waals surface area contributed by atoms with Crippen molar-refractivity contribution in [2.75, 3.05) is 13.2 Å². The fraction of sp³-hybridized carbons (Fsp3) is 1.00. The Hall–Kier alpha value is 0.137. The maximum atomic E-state index is 5.35. The molecule has 9 heavy (non-hydrogen) atoms. The van der Waals surface area contributed by atoms with Gasteiger partial charge < -0.3 is 10.5 Å². The van der Waals surface area contributed by atoms with Crippen molar-refractivity contribution in [3.05, 3.63) is 0 Å². The first-order chi connectivity index (χ1) is 4.31. The molecule has 0 aromatic heterocycles. The van der Waals surface area contributed by atoms with Crippen molar-refractivity contribution in [1.82, 2.24) is 0 Å². The van der Waals surface area contributed by atoms with E-state index in [4.69, 9.17) is 10.5 Å². The Balaban J connectivity index is 2.95. The Morgan fingerprint density at radius 2 is 2.33 bits per heavy atom. The van der Waals surface area contributed by atoms with E-state index in [1.807, 2.05) is 6.92 Å². The lowest BCUT2D eigenvalue weighted by molar-refractivity contribution is 0.112. The summed E-state index contributed by atoms with van der Waals surface area (Å²) in [6.07, 6.45) is 2.25. The molecule has 0 aliphatic heterocycles. The normalized spacial score (nSPS) is 14.0. The Morgan fingerprint density at radius 3 is 2.78 bits per heavy atom. The second-order valence-electron chi connectivity index (χ2n) is 2.20. The van der Waals surface area contributed by atoms with Gasteiger partial charge in [-0.05, 0) is 26.3 Å². The van der Waals surface area contributed by atoms with Gasteiger partial charge in [-0.15, -0.1) is 0 Å². The minimum Gasteiger partial charge on any atom is -0.383 e. The zero-order valence-corrected chi connectivity index (χ0v) is 8.39. The molecule has 1 atom stereocenters. The molecule has 0 rings (SSSR count). The van der Waals surface area contributed by atoms with E-state index in [0.717, 1.165) is 36.2 Å². The predicted molar refractivity (Wildman–Crippen MR) is 43.6 cm³/mol. The Bertz CT molecular complexity index is 61.0. The highest BCUT2D eigenvalue weighted by atomic mass is 28.1. The van der Waals surface area contributed by atoms with Gasteiger partial charge in [0.05, 0.1) is 0 Å². The monoisotopic (exact) mass is 147 g/mol. The zero-order chi connectivity index (χ0) is 7.11. The summed E-state index contributed by atoms with van der Waals surface area (Å²) in [7, 11) is 1.14. The second kappa shape index (κ2) is 6.26. The molecule has 0 heterocycles. The molecule has 0 aliphatic carbocycles. The van der Waals surface area contributed by atoms with Crippen molar-refractivity contribution in [1.29, 1.82) is 0 Å². The van der Waals surface area contributed by atoms with E-state index in [0.29, 0.717) is 5.73 Å². The molecule has 0 amide bonds. The predicted octanol–water partition coefficient (Wildman–Crippen LogP) is -0.547. The second-order valence-corrected chi connectivity index (χ2v) is 3.48. The molecule has 0 aromatic rings. The van der Waals surface area contributed by atoms with Crippen molar-refractivity contribution in [3.8, 4) is 0 Å². The summed E-state index contributed by atoms with van der Waals surface area (Å²) < 4.78 is 5.35. The van der Waals surface area contributed by atoms with Gasteiger partial charge in [0.15, 0.2) is 0 Å². The highest BCUT2D eigenvalue weighted by Crippen LogP contribution is 1.95. The molecule has 1 unspecified atom stereocenters. The highest BCUT2D eigenvalue weighted by molar-refractivity contribution is 6.10. The van der Waals surface area contributed by atoms with Gasteiger partial charge in [0.25, 0.3) is 0 Å². The van der Waals surface area contributed by atoms with Gasteiger partial charge in [0.1, 0.15) is 0 Å². The number of ether oxygens (including phenoxy) is 1. The van der Waals surface area contributed by atoms with Crippen LogP contribution in [0.3, 0.4) is 0 Å². The summed E-state index contributed by atoms with van der Waals surface area (Å²) in [5, 5.41) is 0. The third-order valence-electron chi connectivity index (χ3n) is 1.27. The van der Waals surface area contributed by atoms with Crippen LogP contribution in [0.2, 0.25) is 0 Å². The average Bonchev–Trinajstić information content (AvgIpc) is 1.85. The third-order valence-corrected chi connectivity index (χ3v) is 2.18. The van der Waals surface area contributed by atoms with Crippen molar-refractivity contribution < 1.29 is 4.74 Å². The van der Waals surface area contributed by atoms with Crippen LogP contribution in [-0.4, -0.2) is 29.1 Å². The molecule has 3 heteroatoms. The molecule has 0 radical (unpaired) electrons. The number of nitrogens with two attached hydrogens (primary N) is 1. The molecule has 0 saturated carbocycles. The summed E-state index contributed by atoms with van der Waals surface area (Å²) in [5.74, 6) is 0. The van der Waals surface area contributed by atoms with E-state index in [2.05, 4.69) is 0 Å². The maximum absolute atomic E-state index is 5.35. The lowest BCUT2D eigenvalue weighted by Gasteiger charge is -2.09.